The van der Waals surface area contributed by atoms with Gasteiger partial charge in [0.25, 0.3) is 0 Å². The number of aliphatic hydroxyl groups excluding tert-OH is 1. The number of anilines is 2. The smallest absolute Gasteiger partial charge is 0.224 e. The zero-order valence-corrected chi connectivity index (χ0v) is 15.4. The largest absolute Gasteiger partial charge is 0.391 e. The second kappa shape index (κ2) is 7.75. The highest BCUT2D eigenvalue weighted by molar-refractivity contribution is 5.46. The molecule has 3 heterocycles. The quantitative estimate of drug-likeness (QED) is 0.724. The van der Waals surface area contributed by atoms with Crippen molar-refractivity contribution in [2.45, 2.75) is 32.4 Å². The minimum Gasteiger partial charge on any atom is -0.391 e. The van der Waals surface area contributed by atoms with Crippen molar-refractivity contribution >= 4 is 11.8 Å². The molecule has 1 saturated heterocycles. The highest BCUT2D eigenvalue weighted by Gasteiger charge is 2.19. The molecule has 0 amide bonds. The molecule has 0 spiro atoms. The van der Waals surface area contributed by atoms with Crippen LogP contribution in [0.4, 0.5) is 11.8 Å². The molecule has 140 valence electrons. The van der Waals surface area contributed by atoms with Crippen LogP contribution >= 0.6 is 0 Å². The van der Waals surface area contributed by atoms with Crippen molar-refractivity contribution in [1.82, 2.24) is 19.5 Å². The lowest BCUT2D eigenvalue weighted by atomic mass is 10.1. The molecule has 27 heavy (non-hydrogen) atoms. The average Bonchev–Trinajstić information content (AvgIpc) is 3.12. The van der Waals surface area contributed by atoms with Crippen LogP contribution in [0.3, 0.4) is 0 Å². The number of β-amino-alcohol motifs (C(OH)–C–C–N with tert-alkyl or cyclic N) is 1. The summed E-state index contributed by atoms with van der Waals surface area (Å²) in [5.41, 5.74) is 2.23. The van der Waals surface area contributed by atoms with Crippen molar-refractivity contribution in [2.24, 2.45) is 0 Å². The van der Waals surface area contributed by atoms with Gasteiger partial charge in [0.1, 0.15) is 11.6 Å². The van der Waals surface area contributed by atoms with Gasteiger partial charge in [0.2, 0.25) is 5.95 Å². The Kier molecular flexibility index (Phi) is 5.02. The molecule has 1 atom stereocenters. The van der Waals surface area contributed by atoms with E-state index >= 15 is 0 Å². The number of hydrogen-bond donors (Lipinski definition) is 2. The number of hydrogen-bond acceptors (Lipinski definition) is 6. The van der Waals surface area contributed by atoms with E-state index < -0.39 is 0 Å². The summed E-state index contributed by atoms with van der Waals surface area (Å²) in [6, 6.07) is 10.1. The van der Waals surface area contributed by atoms with Gasteiger partial charge in [0.15, 0.2) is 0 Å². The lowest BCUT2D eigenvalue weighted by Gasteiger charge is -2.31. The third kappa shape index (κ3) is 3.93. The molecule has 0 bridgehead atoms. The van der Waals surface area contributed by atoms with Crippen LogP contribution < -0.4 is 10.2 Å². The first-order valence-corrected chi connectivity index (χ1v) is 9.29. The van der Waals surface area contributed by atoms with E-state index in [9.17, 15) is 5.11 Å². The number of nitrogens with zero attached hydrogens (tertiary/aromatic N) is 5. The summed E-state index contributed by atoms with van der Waals surface area (Å²) in [5.74, 6) is 2.39. The molecule has 7 nitrogen and oxygen atoms in total. The maximum Gasteiger partial charge on any atom is 0.224 e. The molecule has 0 aliphatic carbocycles. The average molecular weight is 364 g/mol. The number of imidazole rings is 1. The van der Waals surface area contributed by atoms with Gasteiger partial charge in [-0.1, -0.05) is 18.2 Å². The summed E-state index contributed by atoms with van der Waals surface area (Å²) in [6.45, 7) is 4.14. The van der Waals surface area contributed by atoms with Crippen LogP contribution in [-0.2, 0) is 6.54 Å². The van der Waals surface area contributed by atoms with E-state index in [0.29, 0.717) is 19.0 Å². The van der Waals surface area contributed by atoms with Crippen molar-refractivity contribution in [3.05, 3.63) is 60.3 Å². The van der Waals surface area contributed by atoms with Crippen LogP contribution in [0, 0.1) is 6.92 Å². The van der Waals surface area contributed by atoms with Crippen LogP contribution in [0.25, 0.3) is 5.69 Å². The zero-order valence-electron chi connectivity index (χ0n) is 15.4. The van der Waals surface area contributed by atoms with Gasteiger partial charge in [-0.25, -0.2) is 9.97 Å². The monoisotopic (exact) mass is 364 g/mol. The fraction of sp³-hybridized carbons (Fsp3) is 0.350. The molecule has 0 radical (unpaired) electrons. The number of piperidine rings is 1. The van der Waals surface area contributed by atoms with E-state index in [1.165, 1.54) is 0 Å². The molecule has 2 N–H and O–H groups in total. The molecule has 0 saturated carbocycles. The van der Waals surface area contributed by atoms with E-state index in [0.717, 1.165) is 42.3 Å². The van der Waals surface area contributed by atoms with Crippen LogP contribution in [0.1, 0.15) is 24.2 Å². The van der Waals surface area contributed by atoms with Crippen molar-refractivity contribution in [2.75, 3.05) is 23.3 Å². The summed E-state index contributed by atoms with van der Waals surface area (Å²) < 4.78 is 2.07. The van der Waals surface area contributed by atoms with Crippen molar-refractivity contribution in [3.63, 3.8) is 0 Å². The first kappa shape index (κ1) is 17.5. The summed E-state index contributed by atoms with van der Waals surface area (Å²) in [4.78, 5) is 15.4. The number of aryl methyl sites for hydroxylation is 1. The highest BCUT2D eigenvalue weighted by atomic mass is 16.3. The molecule has 1 aromatic carbocycles. The Hall–Kier alpha value is -2.93. The maximum absolute atomic E-state index is 9.90. The van der Waals surface area contributed by atoms with E-state index in [-0.39, 0.29) is 6.10 Å². The summed E-state index contributed by atoms with van der Waals surface area (Å²) in [5, 5.41) is 13.2. The van der Waals surface area contributed by atoms with Crippen molar-refractivity contribution in [3.8, 4) is 5.69 Å². The first-order chi connectivity index (χ1) is 13.2. The number of nitrogens with one attached hydrogen (secondary N) is 1. The van der Waals surface area contributed by atoms with Crippen LogP contribution in [0.5, 0.6) is 0 Å². The Morgan fingerprint density at radius 1 is 1.19 bits per heavy atom. The molecule has 1 aliphatic heterocycles. The first-order valence-electron chi connectivity index (χ1n) is 9.29. The van der Waals surface area contributed by atoms with E-state index in [2.05, 4.69) is 41.9 Å². The standard InChI is InChI=1S/C20H24N6O/c1-15-21-10-12-26(15)18-7-3-2-5-16(18)13-23-20-22-9-8-19(24-20)25-11-4-6-17(27)14-25/h2-3,5,7-10,12,17,27H,4,6,11,13-14H2,1H3,(H,22,23,24). The zero-order chi connectivity index (χ0) is 18.6. The topological polar surface area (TPSA) is 79.1 Å². The Morgan fingerprint density at radius 3 is 2.89 bits per heavy atom. The molecular formula is C20H24N6O. The Labute approximate surface area is 158 Å². The molecule has 1 aliphatic rings. The van der Waals surface area contributed by atoms with Crippen LogP contribution in [0.2, 0.25) is 0 Å². The fourth-order valence-corrected chi connectivity index (χ4v) is 3.48. The second-order valence-electron chi connectivity index (χ2n) is 6.81. The van der Waals surface area contributed by atoms with Gasteiger partial charge in [-0.05, 0) is 37.5 Å². The van der Waals surface area contributed by atoms with E-state index in [1.54, 1.807) is 12.4 Å². The Balaban J connectivity index is 1.50. The normalized spacial score (nSPS) is 17.1. The lowest BCUT2D eigenvalue weighted by Crippen LogP contribution is -2.38. The van der Waals surface area contributed by atoms with Crippen molar-refractivity contribution < 1.29 is 5.11 Å². The fourth-order valence-electron chi connectivity index (χ4n) is 3.48. The minimum absolute atomic E-state index is 0.282. The van der Waals surface area contributed by atoms with Gasteiger partial charge in [0, 0.05) is 38.2 Å². The molecule has 2 aromatic heterocycles. The third-order valence-electron chi connectivity index (χ3n) is 4.88. The van der Waals surface area contributed by atoms with Gasteiger partial charge in [-0.15, -0.1) is 0 Å². The molecular weight excluding hydrogens is 340 g/mol. The lowest BCUT2D eigenvalue weighted by molar-refractivity contribution is 0.154. The summed E-state index contributed by atoms with van der Waals surface area (Å²) in [7, 11) is 0. The number of rotatable bonds is 5. The highest BCUT2D eigenvalue weighted by Crippen LogP contribution is 2.20. The third-order valence-corrected chi connectivity index (χ3v) is 4.88. The van der Waals surface area contributed by atoms with Crippen molar-refractivity contribution in [1.29, 1.82) is 0 Å². The molecule has 7 heteroatoms. The number of aliphatic hydroxyl groups is 1. The molecule has 1 fully saturated rings. The number of aromatic nitrogens is 4. The van der Waals surface area contributed by atoms with Gasteiger partial charge >= 0.3 is 0 Å². The van der Waals surface area contributed by atoms with Gasteiger partial charge < -0.3 is 19.9 Å². The van der Waals surface area contributed by atoms with Gasteiger partial charge in [0.05, 0.1) is 11.8 Å². The summed E-state index contributed by atoms with van der Waals surface area (Å²) >= 11 is 0. The van der Waals surface area contributed by atoms with Crippen LogP contribution in [0.15, 0.2) is 48.9 Å². The predicted octanol–water partition coefficient (Wildman–Crippen LogP) is 2.54. The van der Waals surface area contributed by atoms with E-state index in [1.807, 2.05) is 31.3 Å². The second-order valence-corrected chi connectivity index (χ2v) is 6.81. The Morgan fingerprint density at radius 2 is 2.07 bits per heavy atom. The number of benzene rings is 1. The predicted molar refractivity (Wildman–Crippen MR) is 105 cm³/mol. The van der Waals surface area contributed by atoms with Gasteiger partial charge in [-0.2, -0.15) is 4.98 Å². The van der Waals surface area contributed by atoms with E-state index in [4.69, 9.17) is 0 Å². The summed E-state index contributed by atoms with van der Waals surface area (Å²) in [6.07, 6.45) is 7.09. The SMILES string of the molecule is Cc1nccn1-c1ccccc1CNc1nccc(N2CCCC(O)C2)n1. The molecule has 1 unspecified atom stereocenters. The minimum atomic E-state index is -0.282. The van der Waals surface area contributed by atoms with Crippen LogP contribution in [-0.4, -0.2) is 43.8 Å². The Bertz CT molecular complexity index is 909. The molecule has 3 aromatic rings. The molecule has 4 rings (SSSR count). The maximum atomic E-state index is 9.90. The van der Waals surface area contributed by atoms with Gasteiger partial charge in [-0.3, -0.25) is 0 Å². The number of para-hydroxylation sites is 1.